The van der Waals surface area contributed by atoms with Crippen LogP contribution in [-0.4, -0.2) is 21.7 Å². The van der Waals surface area contributed by atoms with Crippen LogP contribution in [0.25, 0.3) is 0 Å². The minimum Gasteiger partial charge on any atom is -0.387 e. The average molecular weight is 199 g/mol. The number of aromatic nitrogens is 1. The largest absolute Gasteiger partial charge is 0.387 e. The summed E-state index contributed by atoms with van der Waals surface area (Å²) >= 11 is 1.86. The lowest BCUT2D eigenvalue weighted by molar-refractivity contribution is 0.189. The van der Waals surface area contributed by atoms with E-state index in [2.05, 4.69) is 10.8 Å². The number of nitrogens with zero attached hydrogens (tertiary/aromatic N) is 1. The first-order valence-electron chi connectivity index (χ1n) is 4.57. The molecule has 3 heteroatoms. The van der Waals surface area contributed by atoms with Crippen molar-refractivity contribution in [3.8, 4) is 0 Å². The highest BCUT2D eigenvalue weighted by Gasteiger charge is 2.05. The van der Waals surface area contributed by atoms with Crippen molar-refractivity contribution in [3.63, 3.8) is 0 Å². The summed E-state index contributed by atoms with van der Waals surface area (Å²) in [5.41, 5.74) is 1.01. The Morgan fingerprint density at radius 1 is 1.62 bits per heavy atom. The summed E-state index contributed by atoms with van der Waals surface area (Å²) in [6, 6.07) is 3.96. The van der Waals surface area contributed by atoms with Gasteiger partial charge in [-0.2, -0.15) is 11.8 Å². The molecule has 0 aliphatic rings. The van der Waals surface area contributed by atoms with E-state index in [-0.39, 0.29) is 6.10 Å². The zero-order valence-electron chi connectivity index (χ0n) is 8.23. The van der Waals surface area contributed by atoms with Crippen molar-refractivity contribution in [2.45, 2.75) is 26.0 Å². The van der Waals surface area contributed by atoms with Gasteiger partial charge >= 0.3 is 0 Å². The molecule has 0 saturated heterocycles. The van der Waals surface area contributed by atoms with Crippen LogP contribution in [0.15, 0.2) is 18.3 Å². The second-order valence-corrected chi connectivity index (χ2v) is 4.13. The van der Waals surface area contributed by atoms with E-state index in [1.54, 1.807) is 6.92 Å². The van der Waals surface area contributed by atoms with Crippen molar-refractivity contribution in [2.24, 2.45) is 0 Å². The van der Waals surface area contributed by atoms with Crippen LogP contribution < -0.4 is 0 Å². The molecule has 0 aromatic carbocycles. The van der Waals surface area contributed by atoms with Gasteiger partial charge in [0, 0.05) is 18.4 Å². The number of aryl methyl sites for hydroxylation is 1. The normalized spacial score (nSPS) is 13.2. The van der Waals surface area contributed by atoms with Crippen molar-refractivity contribution < 1.29 is 5.11 Å². The van der Waals surface area contributed by atoms with Gasteiger partial charge in [0.25, 0.3) is 0 Å². The lowest BCUT2D eigenvalue weighted by Crippen LogP contribution is -2.05. The number of aliphatic hydroxyl groups excluding tert-OH is 1. The van der Waals surface area contributed by atoms with E-state index < -0.39 is 0 Å². The summed E-state index contributed by atoms with van der Waals surface area (Å²) < 4.78 is 2.13. The number of aliphatic hydroxyl groups is 1. The third-order valence-corrected chi connectivity index (χ3v) is 2.74. The first kappa shape index (κ1) is 10.7. The fraction of sp³-hybridized carbons (Fsp3) is 0.600. The minimum atomic E-state index is -0.357. The molecule has 13 heavy (non-hydrogen) atoms. The van der Waals surface area contributed by atoms with Crippen LogP contribution >= 0.6 is 11.8 Å². The molecule has 1 heterocycles. The molecule has 0 spiro atoms. The molecule has 0 saturated carbocycles. The molecule has 0 amide bonds. The lowest BCUT2D eigenvalue weighted by Gasteiger charge is -2.10. The molecular formula is C10H17NOS. The maximum absolute atomic E-state index is 9.42. The first-order valence-corrected chi connectivity index (χ1v) is 5.97. The van der Waals surface area contributed by atoms with Crippen molar-refractivity contribution in [1.29, 1.82) is 0 Å². The van der Waals surface area contributed by atoms with Crippen molar-refractivity contribution in [1.82, 2.24) is 4.57 Å². The Kier molecular flexibility index (Phi) is 4.39. The lowest BCUT2D eigenvalue weighted by atomic mass is 10.3. The molecule has 1 atom stereocenters. The zero-order chi connectivity index (χ0) is 9.68. The molecule has 1 unspecified atom stereocenters. The van der Waals surface area contributed by atoms with Crippen LogP contribution in [0.4, 0.5) is 0 Å². The quantitative estimate of drug-likeness (QED) is 0.736. The van der Waals surface area contributed by atoms with E-state index >= 15 is 0 Å². The Balaban J connectivity index is 2.50. The predicted octanol–water partition coefficient (Wildman–Crippen LogP) is 2.29. The molecule has 0 radical (unpaired) electrons. The Bertz CT molecular complexity index is 245. The fourth-order valence-electron chi connectivity index (χ4n) is 1.39. The Labute approximate surface area is 84.0 Å². The SMILES string of the molecule is CSCCCn1cccc1C(C)O. The summed E-state index contributed by atoms with van der Waals surface area (Å²) in [5.74, 6) is 1.18. The van der Waals surface area contributed by atoms with E-state index in [1.807, 2.05) is 30.1 Å². The second kappa shape index (κ2) is 5.35. The predicted molar refractivity (Wildman–Crippen MR) is 58.1 cm³/mol. The van der Waals surface area contributed by atoms with Crippen LogP contribution in [0.1, 0.15) is 25.1 Å². The van der Waals surface area contributed by atoms with Crippen LogP contribution in [-0.2, 0) is 6.54 Å². The third kappa shape index (κ3) is 3.08. The molecule has 1 N–H and O–H groups in total. The van der Waals surface area contributed by atoms with E-state index in [9.17, 15) is 5.11 Å². The van der Waals surface area contributed by atoms with Gasteiger partial charge < -0.3 is 9.67 Å². The standard InChI is InChI=1S/C10H17NOS/c1-9(12)10-5-3-6-11(10)7-4-8-13-2/h3,5-6,9,12H,4,7-8H2,1-2H3. The number of rotatable bonds is 5. The van der Waals surface area contributed by atoms with Gasteiger partial charge in [0.1, 0.15) is 0 Å². The highest BCUT2D eigenvalue weighted by atomic mass is 32.2. The second-order valence-electron chi connectivity index (χ2n) is 3.15. The van der Waals surface area contributed by atoms with Gasteiger partial charge in [0.05, 0.1) is 6.10 Å². The smallest absolute Gasteiger partial charge is 0.0911 e. The van der Waals surface area contributed by atoms with Gasteiger partial charge in [-0.1, -0.05) is 0 Å². The van der Waals surface area contributed by atoms with Crippen molar-refractivity contribution >= 4 is 11.8 Å². The number of hydrogen-bond donors (Lipinski definition) is 1. The summed E-state index contributed by atoms with van der Waals surface area (Å²) in [7, 11) is 0. The minimum absolute atomic E-state index is 0.357. The third-order valence-electron chi connectivity index (χ3n) is 2.04. The van der Waals surface area contributed by atoms with Crippen LogP contribution in [0.2, 0.25) is 0 Å². The zero-order valence-corrected chi connectivity index (χ0v) is 9.05. The highest BCUT2D eigenvalue weighted by molar-refractivity contribution is 7.98. The molecule has 1 aromatic heterocycles. The first-order chi connectivity index (χ1) is 6.25. The summed E-state index contributed by atoms with van der Waals surface area (Å²) in [6.07, 6.45) is 4.95. The van der Waals surface area contributed by atoms with E-state index in [4.69, 9.17) is 0 Å². The fourth-order valence-corrected chi connectivity index (χ4v) is 1.81. The van der Waals surface area contributed by atoms with Gasteiger partial charge in [-0.25, -0.2) is 0 Å². The maximum atomic E-state index is 9.42. The van der Waals surface area contributed by atoms with Gasteiger partial charge in [-0.05, 0) is 37.5 Å². The van der Waals surface area contributed by atoms with E-state index in [1.165, 1.54) is 5.75 Å². The topological polar surface area (TPSA) is 25.2 Å². The molecule has 2 nitrogen and oxygen atoms in total. The molecular weight excluding hydrogens is 182 g/mol. The van der Waals surface area contributed by atoms with E-state index in [0.29, 0.717) is 0 Å². The van der Waals surface area contributed by atoms with E-state index in [0.717, 1.165) is 18.7 Å². The average Bonchev–Trinajstić information content (AvgIpc) is 2.53. The van der Waals surface area contributed by atoms with Crippen LogP contribution in [0, 0.1) is 0 Å². The van der Waals surface area contributed by atoms with Gasteiger partial charge in [0.15, 0.2) is 0 Å². The monoisotopic (exact) mass is 199 g/mol. The Morgan fingerprint density at radius 2 is 2.38 bits per heavy atom. The van der Waals surface area contributed by atoms with Gasteiger partial charge in [-0.3, -0.25) is 0 Å². The van der Waals surface area contributed by atoms with Crippen molar-refractivity contribution in [3.05, 3.63) is 24.0 Å². The molecule has 0 bridgehead atoms. The van der Waals surface area contributed by atoms with Gasteiger partial charge in [0.2, 0.25) is 0 Å². The maximum Gasteiger partial charge on any atom is 0.0911 e. The summed E-state index contributed by atoms with van der Waals surface area (Å²) in [6.45, 7) is 2.81. The number of thioether (sulfide) groups is 1. The summed E-state index contributed by atoms with van der Waals surface area (Å²) in [4.78, 5) is 0. The molecule has 0 fully saturated rings. The highest BCUT2D eigenvalue weighted by Crippen LogP contribution is 2.13. The number of hydrogen-bond acceptors (Lipinski definition) is 2. The molecule has 1 aromatic rings. The molecule has 0 aliphatic carbocycles. The van der Waals surface area contributed by atoms with Crippen molar-refractivity contribution in [2.75, 3.05) is 12.0 Å². The van der Waals surface area contributed by atoms with Gasteiger partial charge in [-0.15, -0.1) is 0 Å². The van der Waals surface area contributed by atoms with Crippen LogP contribution in [0.3, 0.4) is 0 Å². The molecule has 1 rings (SSSR count). The molecule has 74 valence electrons. The Morgan fingerprint density at radius 3 is 3.00 bits per heavy atom. The summed E-state index contributed by atoms with van der Waals surface area (Å²) in [5, 5.41) is 9.42. The van der Waals surface area contributed by atoms with Crippen LogP contribution in [0.5, 0.6) is 0 Å². The Hall–Kier alpha value is -0.410. The molecule has 0 aliphatic heterocycles.